The van der Waals surface area contributed by atoms with E-state index < -0.39 is 0 Å². The van der Waals surface area contributed by atoms with Crippen molar-refractivity contribution in [1.82, 2.24) is 9.88 Å². The molecule has 4 aromatic rings. The number of nitrogens with zero attached hydrogens (tertiary/aromatic N) is 2. The Morgan fingerprint density at radius 1 is 0.941 bits per heavy atom. The summed E-state index contributed by atoms with van der Waals surface area (Å²) in [5, 5.41) is 0.922. The quantitative estimate of drug-likeness (QED) is 0.495. The Morgan fingerprint density at radius 2 is 1.65 bits per heavy atom. The lowest BCUT2D eigenvalue weighted by Crippen LogP contribution is -3.14. The summed E-state index contributed by atoms with van der Waals surface area (Å²) in [5.74, 6) is 0.104. The summed E-state index contributed by atoms with van der Waals surface area (Å²) in [5.41, 5.74) is 5.92. The molecule has 1 amide bonds. The van der Waals surface area contributed by atoms with Gasteiger partial charge < -0.3 is 9.80 Å². The zero-order valence-corrected chi connectivity index (χ0v) is 19.6. The number of quaternary nitrogens is 1. The standard InChI is InChI=1S/C30H29N3O/c1-23-10-5-6-14-25(23)29-22-27(26-15-7-8-16-28(26)31-29)30(34)33-20-18-32(19-21-33)17-9-13-24-11-3-2-4-12-24/h2-16,22H,17-21H2,1H3/p+1/b13-9+. The number of amides is 1. The molecule has 34 heavy (non-hydrogen) atoms. The Morgan fingerprint density at radius 3 is 2.44 bits per heavy atom. The third-order valence-electron chi connectivity index (χ3n) is 6.64. The number of hydrogen-bond acceptors (Lipinski definition) is 2. The fourth-order valence-corrected chi connectivity index (χ4v) is 4.68. The molecule has 0 radical (unpaired) electrons. The van der Waals surface area contributed by atoms with Gasteiger partial charge in [-0.2, -0.15) is 0 Å². The first-order valence-corrected chi connectivity index (χ1v) is 12.0. The van der Waals surface area contributed by atoms with Gasteiger partial charge in [0.05, 0.1) is 49.5 Å². The number of carbonyl (C=O) groups is 1. The number of pyridine rings is 1. The van der Waals surface area contributed by atoms with Crippen LogP contribution in [0.5, 0.6) is 0 Å². The van der Waals surface area contributed by atoms with Gasteiger partial charge in [0, 0.05) is 10.9 Å². The fraction of sp³-hybridized carbons (Fsp3) is 0.200. The number of hydrogen-bond donors (Lipinski definition) is 1. The van der Waals surface area contributed by atoms with Gasteiger partial charge in [-0.15, -0.1) is 0 Å². The minimum Gasteiger partial charge on any atom is -0.329 e. The molecule has 4 heteroatoms. The smallest absolute Gasteiger partial charge is 0.255 e. The van der Waals surface area contributed by atoms with Crippen molar-refractivity contribution in [3.05, 3.63) is 108 Å². The highest BCUT2D eigenvalue weighted by Gasteiger charge is 2.26. The molecule has 1 aliphatic rings. The van der Waals surface area contributed by atoms with E-state index >= 15 is 0 Å². The molecule has 1 N–H and O–H groups in total. The summed E-state index contributed by atoms with van der Waals surface area (Å²) in [6.07, 6.45) is 4.42. The molecule has 0 unspecified atom stereocenters. The summed E-state index contributed by atoms with van der Waals surface area (Å²) in [7, 11) is 0. The Labute approximate surface area is 201 Å². The van der Waals surface area contributed by atoms with Crippen LogP contribution in [0.1, 0.15) is 21.5 Å². The Hall–Kier alpha value is -3.76. The van der Waals surface area contributed by atoms with Gasteiger partial charge in [0.25, 0.3) is 5.91 Å². The van der Waals surface area contributed by atoms with Crippen LogP contribution < -0.4 is 4.90 Å². The van der Waals surface area contributed by atoms with Crippen LogP contribution in [0.25, 0.3) is 28.2 Å². The minimum absolute atomic E-state index is 0.104. The molecular weight excluding hydrogens is 418 g/mol. The maximum absolute atomic E-state index is 13.7. The zero-order chi connectivity index (χ0) is 23.3. The maximum Gasteiger partial charge on any atom is 0.255 e. The van der Waals surface area contributed by atoms with E-state index in [0.717, 1.165) is 66.0 Å². The monoisotopic (exact) mass is 448 g/mol. The minimum atomic E-state index is 0.104. The Bertz CT molecular complexity index is 1320. The molecule has 170 valence electrons. The average Bonchev–Trinajstić information content (AvgIpc) is 2.89. The molecule has 0 saturated carbocycles. The molecule has 5 rings (SSSR count). The third-order valence-corrected chi connectivity index (χ3v) is 6.64. The molecule has 1 fully saturated rings. The van der Waals surface area contributed by atoms with Crippen LogP contribution in [0.3, 0.4) is 0 Å². The second kappa shape index (κ2) is 10.0. The SMILES string of the molecule is Cc1ccccc1-c1cc(C(=O)N2CC[NH+](C/C=C/c3ccccc3)CC2)c2ccccc2n1. The summed E-state index contributed by atoms with van der Waals surface area (Å²) in [6.45, 7) is 6.51. The van der Waals surface area contributed by atoms with Crippen molar-refractivity contribution in [3.63, 3.8) is 0 Å². The number of piperazine rings is 1. The summed E-state index contributed by atoms with van der Waals surface area (Å²) >= 11 is 0. The zero-order valence-electron chi connectivity index (χ0n) is 19.6. The summed E-state index contributed by atoms with van der Waals surface area (Å²) in [4.78, 5) is 22.1. The van der Waals surface area contributed by atoms with E-state index in [-0.39, 0.29) is 5.91 Å². The number of rotatable bonds is 5. The first-order valence-electron chi connectivity index (χ1n) is 12.0. The number of carbonyl (C=O) groups excluding carboxylic acids is 1. The highest BCUT2D eigenvalue weighted by molar-refractivity contribution is 6.07. The van der Waals surface area contributed by atoms with E-state index in [1.807, 2.05) is 53.4 Å². The van der Waals surface area contributed by atoms with Gasteiger partial charge in [0.2, 0.25) is 0 Å². The van der Waals surface area contributed by atoms with Crippen LogP contribution in [-0.4, -0.2) is 48.5 Å². The number of aromatic nitrogens is 1. The lowest BCUT2D eigenvalue weighted by atomic mass is 10.0. The van der Waals surface area contributed by atoms with Crippen LogP contribution in [0.2, 0.25) is 0 Å². The number of aryl methyl sites for hydroxylation is 1. The lowest BCUT2D eigenvalue weighted by Gasteiger charge is -2.32. The van der Waals surface area contributed by atoms with Crippen molar-refractivity contribution >= 4 is 22.9 Å². The highest BCUT2D eigenvalue weighted by Crippen LogP contribution is 2.27. The van der Waals surface area contributed by atoms with E-state index in [1.54, 1.807) is 0 Å². The molecule has 1 saturated heterocycles. The highest BCUT2D eigenvalue weighted by atomic mass is 16.2. The topological polar surface area (TPSA) is 37.6 Å². The molecule has 1 aliphatic heterocycles. The van der Waals surface area contributed by atoms with Crippen LogP contribution in [0.15, 0.2) is 91.0 Å². The Kier molecular flexibility index (Phi) is 6.50. The van der Waals surface area contributed by atoms with Crippen molar-refractivity contribution in [3.8, 4) is 11.3 Å². The fourth-order valence-electron chi connectivity index (χ4n) is 4.68. The second-order valence-corrected chi connectivity index (χ2v) is 8.95. The van der Waals surface area contributed by atoms with E-state index in [0.29, 0.717) is 0 Å². The van der Waals surface area contributed by atoms with Crippen molar-refractivity contribution in [2.45, 2.75) is 6.92 Å². The normalized spacial score (nSPS) is 14.7. The van der Waals surface area contributed by atoms with E-state index in [4.69, 9.17) is 4.98 Å². The number of nitrogens with one attached hydrogen (secondary N) is 1. The third kappa shape index (κ3) is 4.78. The maximum atomic E-state index is 13.7. The number of para-hydroxylation sites is 1. The van der Waals surface area contributed by atoms with Crippen LogP contribution >= 0.6 is 0 Å². The molecular formula is C30H30N3O+. The molecule has 2 heterocycles. The molecule has 0 aliphatic carbocycles. The second-order valence-electron chi connectivity index (χ2n) is 8.95. The van der Waals surface area contributed by atoms with Crippen molar-refractivity contribution in [2.75, 3.05) is 32.7 Å². The molecule has 0 bridgehead atoms. The van der Waals surface area contributed by atoms with Crippen molar-refractivity contribution in [1.29, 1.82) is 0 Å². The average molecular weight is 449 g/mol. The van der Waals surface area contributed by atoms with Crippen molar-refractivity contribution < 1.29 is 9.69 Å². The first kappa shape index (κ1) is 22.1. The van der Waals surface area contributed by atoms with Gasteiger partial charge in [-0.3, -0.25) is 4.79 Å². The van der Waals surface area contributed by atoms with Crippen molar-refractivity contribution in [2.24, 2.45) is 0 Å². The first-order chi connectivity index (χ1) is 16.7. The number of fused-ring (bicyclic) bond motifs is 1. The van der Waals surface area contributed by atoms with Gasteiger partial charge in [-0.1, -0.05) is 78.9 Å². The van der Waals surface area contributed by atoms with Crippen LogP contribution in [0.4, 0.5) is 0 Å². The van der Waals surface area contributed by atoms with Gasteiger partial charge >= 0.3 is 0 Å². The van der Waals surface area contributed by atoms with Crippen LogP contribution in [0, 0.1) is 6.92 Å². The lowest BCUT2D eigenvalue weighted by molar-refractivity contribution is -0.898. The van der Waals surface area contributed by atoms with Gasteiger partial charge in [-0.25, -0.2) is 4.98 Å². The van der Waals surface area contributed by atoms with Gasteiger partial charge in [0.15, 0.2) is 0 Å². The molecule has 0 atom stereocenters. The number of benzene rings is 3. The predicted octanol–water partition coefficient (Wildman–Crippen LogP) is 4.26. The summed E-state index contributed by atoms with van der Waals surface area (Å²) in [6, 6.07) is 28.6. The van der Waals surface area contributed by atoms with E-state index in [1.165, 1.54) is 10.5 Å². The molecule has 4 nitrogen and oxygen atoms in total. The Balaban J connectivity index is 1.33. The van der Waals surface area contributed by atoms with E-state index in [9.17, 15) is 4.79 Å². The molecule has 3 aromatic carbocycles. The van der Waals surface area contributed by atoms with Gasteiger partial charge in [-0.05, 0) is 36.3 Å². The molecule has 1 aromatic heterocycles. The van der Waals surface area contributed by atoms with E-state index in [2.05, 4.69) is 55.5 Å². The molecule has 0 spiro atoms. The van der Waals surface area contributed by atoms with Gasteiger partial charge in [0.1, 0.15) is 0 Å². The predicted molar refractivity (Wildman–Crippen MR) is 139 cm³/mol. The van der Waals surface area contributed by atoms with Crippen LogP contribution in [-0.2, 0) is 0 Å². The summed E-state index contributed by atoms with van der Waals surface area (Å²) < 4.78 is 0. The largest absolute Gasteiger partial charge is 0.329 e.